The van der Waals surface area contributed by atoms with Crippen LogP contribution in [0.3, 0.4) is 0 Å². The Kier molecular flexibility index (Phi) is 4.60. The lowest BCUT2D eigenvalue weighted by Crippen LogP contribution is -2.37. The summed E-state index contributed by atoms with van der Waals surface area (Å²) in [6.45, 7) is 0. The van der Waals surface area contributed by atoms with Gasteiger partial charge in [0.15, 0.2) is 0 Å². The third-order valence-corrected chi connectivity index (χ3v) is 8.10. The molecule has 3 nitrogen and oxygen atoms in total. The number of para-hydroxylation sites is 2. The molecule has 7 rings (SSSR count). The van der Waals surface area contributed by atoms with Crippen molar-refractivity contribution in [3.63, 3.8) is 0 Å². The summed E-state index contributed by atoms with van der Waals surface area (Å²) in [5.41, 5.74) is 8.30. The van der Waals surface area contributed by atoms with Gasteiger partial charge in [-0.15, -0.1) is 0 Å². The Balaban J connectivity index is 1.38. The number of benzene rings is 2. The molecule has 3 aromatic rings. The SMILES string of the molecule is N#C[C@H]1CC=CC=C1N1c2ccccc2C2C=C(n3c4c(c5ccccc53)C=CC(F)C4)CCC21. The van der Waals surface area contributed by atoms with Gasteiger partial charge in [-0.3, -0.25) is 0 Å². The van der Waals surface area contributed by atoms with Gasteiger partial charge < -0.3 is 9.47 Å². The van der Waals surface area contributed by atoms with E-state index in [0.717, 1.165) is 41.7 Å². The van der Waals surface area contributed by atoms with Crippen LogP contribution in [-0.2, 0) is 6.42 Å². The van der Waals surface area contributed by atoms with E-state index in [9.17, 15) is 9.65 Å². The standard InChI is InChI=1S/C31H26FN3/c32-21-13-15-25-23-8-2-5-11-28(23)34(31(25)17-21)22-14-16-30-26(18-22)24-9-3-6-12-29(24)35(30)27-10-4-1-7-20(27)19-33/h1-6,8-13,15,18,20-21,26,30H,7,14,16-17H2/t20-,21?,26?,30?/m1/s1. The number of rotatable bonds is 2. The summed E-state index contributed by atoms with van der Waals surface area (Å²) in [5.74, 6) is 0.115. The number of nitrogens with zero attached hydrogens (tertiary/aromatic N) is 3. The summed E-state index contributed by atoms with van der Waals surface area (Å²) in [4.78, 5) is 2.44. The third-order valence-electron chi connectivity index (χ3n) is 8.10. The molecule has 4 heteroatoms. The number of nitriles is 1. The Bertz CT molecular complexity index is 1510. The average molecular weight is 460 g/mol. The van der Waals surface area contributed by atoms with Crippen LogP contribution in [-0.4, -0.2) is 16.8 Å². The summed E-state index contributed by atoms with van der Waals surface area (Å²) in [5, 5.41) is 11.1. The minimum atomic E-state index is -0.945. The van der Waals surface area contributed by atoms with Gasteiger partial charge in [-0.2, -0.15) is 5.26 Å². The van der Waals surface area contributed by atoms with Gasteiger partial charge in [0.1, 0.15) is 6.17 Å². The zero-order chi connectivity index (χ0) is 23.5. The van der Waals surface area contributed by atoms with Crippen molar-refractivity contribution in [2.75, 3.05) is 4.90 Å². The second-order valence-corrected chi connectivity index (χ2v) is 9.95. The van der Waals surface area contributed by atoms with Crippen LogP contribution in [0.2, 0.25) is 0 Å². The van der Waals surface area contributed by atoms with Crippen LogP contribution in [0.5, 0.6) is 0 Å². The molecule has 0 fully saturated rings. The highest BCUT2D eigenvalue weighted by molar-refractivity contribution is 5.94. The zero-order valence-corrected chi connectivity index (χ0v) is 19.4. The molecule has 1 aliphatic heterocycles. The Morgan fingerprint density at radius 2 is 1.91 bits per heavy atom. The van der Waals surface area contributed by atoms with Gasteiger partial charge in [0.05, 0.1) is 17.5 Å². The number of allylic oxidation sites excluding steroid dienone is 6. The topological polar surface area (TPSA) is 32.0 Å². The third kappa shape index (κ3) is 3.01. The first-order valence-corrected chi connectivity index (χ1v) is 12.5. The maximum atomic E-state index is 14.5. The molecule has 172 valence electrons. The zero-order valence-electron chi connectivity index (χ0n) is 19.4. The van der Waals surface area contributed by atoms with E-state index in [2.05, 4.69) is 88.4 Å². The van der Waals surface area contributed by atoms with Gasteiger partial charge in [-0.05, 0) is 49.1 Å². The van der Waals surface area contributed by atoms with Crippen LogP contribution in [0.4, 0.5) is 10.1 Å². The molecule has 0 radical (unpaired) electrons. The van der Waals surface area contributed by atoms with Crippen molar-refractivity contribution in [3.05, 3.63) is 101 Å². The first-order valence-electron chi connectivity index (χ1n) is 12.5. The van der Waals surface area contributed by atoms with E-state index >= 15 is 0 Å². The lowest BCUT2D eigenvalue weighted by atomic mass is 9.85. The number of aromatic nitrogens is 1. The largest absolute Gasteiger partial charge is 0.339 e. The molecule has 4 aliphatic rings. The highest BCUT2D eigenvalue weighted by atomic mass is 19.1. The molecule has 0 amide bonds. The average Bonchev–Trinajstić information content (AvgIpc) is 3.40. The van der Waals surface area contributed by atoms with Crippen LogP contribution in [0.1, 0.15) is 42.0 Å². The van der Waals surface area contributed by atoms with Crippen molar-refractivity contribution >= 4 is 28.4 Å². The van der Waals surface area contributed by atoms with Crippen molar-refractivity contribution in [2.24, 2.45) is 5.92 Å². The van der Waals surface area contributed by atoms with Gasteiger partial charge >= 0.3 is 0 Å². The minimum absolute atomic E-state index is 0.120. The molecule has 0 N–H and O–H groups in total. The molecule has 0 saturated carbocycles. The molecule has 1 aromatic heterocycles. The molecule has 35 heavy (non-hydrogen) atoms. The second kappa shape index (κ2) is 7.85. The molecule has 4 atom stereocenters. The highest BCUT2D eigenvalue weighted by Gasteiger charge is 2.42. The van der Waals surface area contributed by atoms with Gasteiger partial charge in [0.2, 0.25) is 0 Å². The molecular formula is C31H26FN3. The fourth-order valence-electron chi connectivity index (χ4n) is 6.62. The fraction of sp³-hybridized carbons (Fsp3) is 0.258. The molecule has 2 aromatic carbocycles. The van der Waals surface area contributed by atoms with E-state index in [0.29, 0.717) is 6.42 Å². The molecule has 3 aliphatic carbocycles. The predicted octanol–water partition coefficient (Wildman–Crippen LogP) is 7.14. The molecule has 3 unspecified atom stereocenters. The van der Waals surface area contributed by atoms with Crippen LogP contribution in [0.25, 0.3) is 22.7 Å². The Morgan fingerprint density at radius 1 is 1.06 bits per heavy atom. The molecule has 0 spiro atoms. The number of anilines is 1. The number of halogens is 1. The normalized spacial score (nSPS) is 26.6. The van der Waals surface area contributed by atoms with E-state index in [1.54, 1.807) is 6.08 Å². The minimum Gasteiger partial charge on any atom is -0.339 e. The molecule has 0 saturated heterocycles. The molecule has 2 heterocycles. The van der Waals surface area contributed by atoms with Crippen molar-refractivity contribution in [3.8, 4) is 6.07 Å². The lowest BCUT2D eigenvalue weighted by Gasteiger charge is -2.37. The predicted molar refractivity (Wildman–Crippen MR) is 139 cm³/mol. The van der Waals surface area contributed by atoms with E-state index in [1.165, 1.54) is 22.3 Å². The quantitative estimate of drug-likeness (QED) is 0.408. The Labute approximate surface area is 204 Å². The summed E-state index contributed by atoms with van der Waals surface area (Å²) >= 11 is 0. The summed E-state index contributed by atoms with van der Waals surface area (Å²) in [6, 6.07) is 19.9. The van der Waals surface area contributed by atoms with Gasteiger partial charge in [-0.25, -0.2) is 4.39 Å². The molecular weight excluding hydrogens is 433 g/mol. The first kappa shape index (κ1) is 20.5. The number of hydrogen-bond acceptors (Lipinski definition) is 2. The summed E-state index contributed by atoms with van der Waals surface area (Å²) in [7, 11) is 0. The maximum absolute atomic E-state index is 14.5. The van der Waals surface area contributed by atoms with Crippen LogP contribution >= 0.6 is 0 Å². The monoisotopic (exact) mass is 459 g/mol. The van der Waals surface area contributed by atoms with Crippen LogP contribution in [0, 0.1) is 17.2 Å². The summed E-state index contributed by atoms with van der Waals surface area (Å²) in [6.07, 6.45) is 14.5. The first-order chi connectivity index (χ1) is 17.2. The van der Waals surface area contributed by atoms with E-state index in [-0.39, 0.29) is 17.9 Å². The van der Waals surface area contributed by atoms with E-state index in [1.807, 2.05) is 6.08 Å². The smallest absolute Gasteiger partial charge is 0.124 e. The van der Waals surface area contributed by atoms with Gasteiger partial charge in [0, 0.05) is 52.1 Å². The van der Waals surface area contributed by atoms with Gasteiger partial charge in [0.25, 0.3) is 0 Å². The van der Waals surface area contributed by atoms with Crippen molar-refractivity contribution < 1.29 is 4.39 Å². The van der Waals surface area contributed by atoms with E-state index in [4.69, 9.17) is 0 Å². The Morgan fingerprint density at radius 3 is 2.83 bits per heavy atom. The maximum Gasteiger partial charge on any atom is 0.124 e. The summed E-state index contributed by atoms with van der Waals surface area (Å²) < 4.78 is 16.8. The Hall–Kier alpha value is -3.84. The van der Waals surface area contributed by atoms with Gasteiger partial charge in [-0.1, -0.05) is 60.7 Å². The van der Waals surface area contributed by atoms with Crippen LogP contribution in [0.15, 0.2) is 84.6 Å². The van der Waals surface area contributed by atoms with E-state index < -0.39 is 6.17 Å². The lowest BCUT2D eigenvalue weighted by molar-refractivity contribution is 0.393. The molecule has 0 bridgehead atoms. The van der Waals surface area contributed by atoms with Crippen LogP contribution < -0.4 is 4.90 Å². The van der Waals surface area contributed by atoms with Crippen molar-refractivity contribution in [1.29, 1.82) is 5.26 Å². The number of hydrogen-bond donors (Lipinski definition) is 0. The van der Waals surface area contributed by atoms with Crippen molar-refractivity contribution in [1.82, 2.24) is 4.57 Å². The fourth-order valence-corrected chi connectivity index (χ4v) is 6.62. The second-order valence-electron chi connectivity index (χ2n) is 9.95. The highest BCUT2D eigenvalue weighted by Crippen LogP contribution is 2.51. The van der Waals surface area contributed by atoms with Crippen molar-refractivity contribution in [2.45, 2.75) is 43.8 Å². The number of fused-ring (bicyclic) bond motifs is 6. The number of alkyl halides is 1.